The lowest BCUT2D eigenvalue weighted by Gasteiger charge is -2.30. The average molecular weight is 955 g/mol. The number of aromatic nitrogens is 6. The number of aliphatic hydroxyl groups is 2. The number of aldehydes is 1. The van der Waals surface area contributed by atoms with E-state index in [1.54, 1.807) is 131 Å². The Hall–Kier alpha value is -8.20. The molecule has 0 radical (unpaired) electrons. The fourth-order valence-electron chi connectivity index (χ4n) is 8.76. The van der Waals surface area contributed by atoms with E-state index in [1.165, 1.54) is 18.3 Å². The summed E-state index contributed by atoms with van der Waals surface area (Å²) in [6, 6.07) is 42.4. The summed E-state index contributed by atoms with van der Waals surface area (Å²) < 4.78 is 3.51. The topological polar surface area (TPSA) is 191 Å². The number of carbonyl (C=O) groups excluding carboxylic acids is 1. The summed E-state index contributed by atoms with van der Waals surface area (Å²) in [5.74, 6) is 0. The Morgan fingerprint density at radius 3 is 1.36 bits per heavy atom. The maximum atomic E-state index is 12.4. The fraction of sp³-hybridized carbons (Fsp3) is 0.0741. The van der Waals surface area contributed by atoms with Crippen LogP contribution in [0.2, 0.25) is 10.0 Å². The molecule has 10 rings (SSSR count). The molecule has 0 aliphatic heterocycles. The van der Waals surface area contributed by atoms with Gasteiger partial charge in [0.1, 0.15) is 6.29 Å². The van der Waals surface area contributed by atoms with E-state index < -0.39 is 11.2 Å². The van der Waals surface area contributed by atoms with Crippen LogP contribution in [0, 0.1) is 0 Å². The van der Waals surface area contributed by atoms with E-state index in [4.69, 9.17) is 28.4 Å². The van der Waals surface area contributed by atoms with E-state index in [-0.39, 0.29) is 11.1 Å². The number of nitrogens with one attached hydrogen (secondary N) is 2. The highest BCUT2D eigenvalue weighted by atomic mass is 35.5. The van der Waals surface area contributed by atoms with Gasteiger partial charge in [-0.3, -0.25) is 14.4 Å². The Labute approximate surface area is 403 Å². The minimum absolute atomic E-state index is 0.233. The maximum absolute atomic E-state index is 12.4. The molecule has 0 saturated heterocycles. The van der Waals surface area contributed by atoms with Crippen LogP contribution < -0.4 is 11.1 Å². The Kier molecular flexibility index (Phi) is 12.5. The molecule has 0 bridgehead atoms. The number of hydrogen-bond donors (Lipinski definition) is 5. The summed E-state index contributed by atoms with van der Waals surface area (Å²) in [5.41, 5.74) is 5.33. The van der Waals surface area contributed by atoms with E-state index in [2.05, 4.69) is 25.1 Å². The van der Waals surface area contributed by atoms with Gasteiger partial charge in [-0.25, -0.2) is 9.97 Å². The number of rotatable bonds is 10. The lowest BCUT2D eigenvalue weighted by Crippen LogP contribution is -2.31. The molecule has 4 aromatic heterocycles. The molecule has 0 spiro atoms. The predicted molar refractivity (Wildman–Crippen MR) is 268 cm³/mol. The zero-order valence-corrected chi connectivity index (χ0v) is 38.4. The predicted octanol–water partition coefficient (Wildman–Crippen LogP) is 9.35. The lowest BCUT2D eigenvalue weighted by atomic mass is 9.82. The van der Waals surface area contributed by atoms with Gasteiger partial charge in [0.2, 0.25) is 11.1 Å². The van der Waals surface area contributed by atoms with Gasteiger partial charge >= 0.3 is 0 Å². The van der Waals surface area contributed by atoms with E-state index in [0.717, 1.165) is 28.2 Å². The first-order chi connectivity index (χ1) is 33.3. The number of nitrogens with zero attached hydrogens (tertiary/aromatic N) is 5. The van der Waals surface area contributed by atoms with Gasteiger partial charge < -0.3 is 34.5 Å². The van der Waals surface area contributed by atoms with Gasteiger partial charge in [0, 0.05) is 63.6 Å². The van der Waals surface area contributed by atoms with Crippen molar-refractivity contribution in [2.24, 2.45) is 19.3 Å². The van der Waals surface area contributed by atoms with Crippen molar-refractivity contribution in [2.75, 3.05) is 0 Å². The first kappa shape index (κ1) is 45.9. The molecule has 342 valence electrons. The third-order valence-corrected chi connectivity index (χ3v) is 12.6. The smallest absolute Gasteiger partial charge is 0.249 e. The van der Waals surface area contributed by atoms with Gasteiger partial charge in [0.15, 0.2) is 11.2 Å². The first-order valence-electron chi connectivity index (χ1n) is 21.4. The van der Waals surface area contributed by atoms with Crippen LogP contribution in [0.3, 0.4) is 0 Å². The van der Waals surface area contributed by atoms with Crippen LogP contribution in [-0.2, 0) is 25.3 Å². The number of benzene rings is 6. The van der Waals surface area contributed by atoms with Gasteiger partial charge in [-0.15, -0.1) is 0 Å². The van der Waals surface area contributed by atoms with Crippen molar-refractivity contribution in [3.05, 3.63) is 246 Å². The van der Waals surface area contributed by atoms with Crippen LogP contribution >= 0.6 is 23.2 Å². The first-order valence-corrected chi connectivity index (χ1v) is 22.1. The van der Waals surface area contributed by atoms with Crippen molar-refractivity contribution in [3.63, 3.8) is 0 Å². The highest BCUT2D eigenvalue weighted by Gasteiger charge is 2.38. The number of fused-ring (bicyclic) bond motifs is 2. The third kappa shape index (κ3) is 8.79. The minimum atomic E-state index is -1.57. The molecule has 5 N–H and O–H groups in total. The summed E-state index contributed by atoms with van der Waals surface area (Å²) in [6.07, 6.45) is 8.56. The second-order valence-corrected chi connectivity index (χ2v) is 17.3. The number of imidazole rings is 2. The molecule has 6 aromatic carbocycles. The molecule has 0 aliphatic carbocycles. The van der Waals surface area contributed by atoms with Crippen molar-refractivity contribution in [2.45, 2.75) is 11.2 Å². The van der Waals surface area contributed by atoms with Crippen LogP contribution in [-0.4, -0.2) is 57.0 Å². The molecule has 0 saturated carbocycles. The number of H-pyrrole nitrogens is 2. The summed E-state index contributed by atoms with van der Waals surface area (Å²) in [6.45, 7) is 0. The van der Waals surface area contributed by atoms with Gasteiger partial charge in [-0.1, -0.05) is 113 Å². The van der Waals surface area contributed by atoms with Crippen LogP contribution in [0.25, 0.3) is 44.1 Å². The van der Waals surface area contributed by atoms with Gasteiger partial charge in [-0.2, -0.15) is 0 Å². The number of aryl methyl sites for hydroxylation is 2. The van der Waals surface area contributed by atoms with E-state index >= 15 is 0 Å². The molecule has 0 fully saturated rings. The van der Waals surface area contributed by atoms with E-state index in [0.29, 0.717) is 77.0 Å². The zero-order valence-electron chi connectivity index (χ0n) is 36.9. The van der Waals surface area contributed by atoms with Gasteiger partial charge in [-0.05, 0) is 98.6 Å². The molecule has 10 aromatic rings. The van der Waals surface area contributed by atoms with Gasteiger partial charge in [0.05, 0.1) is 42.7 Å². The minimum Gasteiger partial charge on any atom is -0.411 e. The van der Waals surface area contributed by atoms with Crippen molar-refractivity contribution in [3.8, 4) is 22.3 Å². The zero-order chi connectivity index (χ0) is 48.5. The number of aromatic amines is 2. The number of pyridine rings is 2. The van der Waals surface area contributed by atoms with Crippen molar-refractivity contribution >= 4 is 57.5 Å². The molecule has 4 heterocycles. The Morgan fingerprint density at radius 1 is 0.565 bits per heavy atom. The van der Waals surface area contributed by atoms with Crippen LogP contribution in [0.1, 0.15) is 49.6 Å². The Morgan fingerprint density at radius 2 is 0.986 bits per heavy atom. The second-order valence-electron chi connectivity index (χ2n) is 16.4. The van der Waals surface area contributed by atoms with Crippen LogP contribution in [0.5, 0.6) is 0 Å². The number of oxime groups is 1. The highest BCUT2D eigenvalue weighted by molar-refractivity contribution is 6.31. The SMILES string of the molecule is Cn1cncc1C(O)(c1ccc(C=NO)cc1)c1ccc2[nH]c(=O)cc(-c3cccc(Cl)c3)c2c1.Cn1cncc1C(O)(c1ccc(C=O)cc1)c1ccc2[nH]c(=O)cc(-c3cccc(Cl)c3)c2c1. The average Bonchev–Trinajstić information content (AvgIpc) is 4.01. The number of halogens is 2. The molecule has 15 heteroatoms. The number of hydrogen-bond acceptors (Lipinski definition) is 9. The molecule has 2 unspecified atom stereocenters. The molecule has 69 heavy (non-hydrogen) atoms. The Balaban J connectivity index is 0.000000172. The quantitative estimate of drug-likeness (QED) is 0.0388. The molecule has 2 atom stereocenters. The second kappa shape index (κ2) is 18.8. The molecule has 13 nitrogen and oxygen atoms in total. The van der Waals surface area contributed by atoms with Crippen LogP contribution in [0.15, 0.2) is 185 Å². The fourth-order valence-corrected chi connectivity index (χ4v) is 9.14. The molecule has 0 amide bonds. The lowest BCUT2D eigenvalue weighted by molar-refractivity contribution is 0.111. The summed E-state index contributed by atoms with van der Waals surface area (Å²) in [5, 5.41) is 39.1. The highest BCUT2D eigenvalue weighted by Crippen LogP contribution is 2.41. The van der Waals surface area contributed by atoms with Gasteiger partial charge in [0.25, 0.3) is 0 Å². The van der Waals surface area contributed by atoms with E-state index in [9.17, 15) is 24.6 Å². The van der Waals surface area contributed by atoms with E-state index in [1.807, 2.05) is 50.5 Å². The van der Waals surface area contributed by atoms with Crippen molar-refractivity contribution in [1.82, 2.24) is 29.1 Å². The van der Waals surface area contributed by atoms with Crippen LogP contribution in [0.4, 0.5) is 0 Å². The Bertz CT molecular complexity index is 3690. The molecular formula is C54H41Cl2N7O6. The summed E-state index contributed by atoms with van der Waals surface area (Å²) in [7, 11) is 3.62. The summed E-state index contributed by atoms with van der Waals surface area (Å²) >= 11 is 12.4. The third-order valence-electron chi connectivity index (χ3n) is 12.2. The molecule has 0 aliphatic rings. The standard InChI is InChI=1S/C27H21ClN4O3.C27H20ClN3O3/c1-32-16-29-15-25(32)27(34,19-7-5-17(6-8-19)14-30-35)20-9-10-24-23(12-20)22(13-26(33)31-24)18-3-2-4-21(28)11-18;1-31-16-29-14-25(31)27(34,19-7-5-17(15-32)6-8-19)20-9-10-24-23(12-20)22(13-26(33)30-24)18-3-2-4-21(28)11-18/h2-16,34-35H,1H3,(H,31,33);2-16,34H,1H3,(H,30,33). The van der Waals surface area contributed by atoms with Crippen molar-refractivity contribution in [1.29, 1.82) is 0 Å². The monoisotopic (exact) mass is 953 g/mol. The maximum Gasteiger partial charge on any atom is 0.249 e. The largest absolute Gasteiger partial charge is 0.411 e. The normalized spacial score (nSPS) is 13.2. The molecular weight excluding hydrogens is 914 g/mol. The summed E-state index contributed by atoms with van der Waals surface area (Å²) in [4.78, 5) is 50.1. The number of carbonyl (C=O) groups is 1. The van der Waals surface area contributed by atoms with Crippen molar-refractivity contribution < 1.29 is 20.2 Å².